The van der Waals surface area contributed by atoms with E-state index in [0.29, 0.717) is 5.75 Å². The Bertz CT molecular complexity index is 320. The fourth-order valence-corrected chi connectivity index (χ4v) is 1.43. The third-order valence-corrected chi connectivity index (χ3v) is 2.42. The highest BCUT2D eigenvalue weighted by atomic mass is 79.9. The molecule has 5 heteroatoms. The molecule has 1 aromatic carbocycles. The molecule has 1 saturated heterocycles. The van der Waals surface area contributed by atoms with Gasteiger partial charge >= 0.3 is 0 Å². The highest BCUT2D eigenvalue weighted by molar-refractivity contribution is 9.10. The molecule has 1 fully saturated rings. The monoisotopic (exact) mass is 281 g/mol. The molecule has 0 radical (unpaired) electrons. The maximum Gasteiger partial charge on any atom is 0.166 e. The maximum atomic E-state index is 13.2. The van der Waals surface area contributed by atoms with Crippen LogP contribution in [0.2, 0.25) is 0 Å². The molecule has 1 aliphatic heterocycles. The maximum absolute atomic E-state index is 13.2. The van der Waals surface area contributed by atoms with Gasteiger partial charge in [-0.25, -0.2) is 4.39 Å². The van der Waals surface area contributed by atoms with Gasteiger partial charge in [-0.1, -0.05) is 15.9 Å². The first-order valence-corrected chi connectivity index (χ1v) is 4.87. The van der Waals surface area contributed by atoms with Gasteiger partial charge in [0.15, 0.2) is 11.6 Å². The summed E-state index contributed by atoms with van der Waals surface area (Å²) in [5.74, 6) is 0.0102. The third kappa shape index (κ3) is 2.59. The Morgan fingerprint density at radius 1 is 1.43 bits per heavy atom. The zero-order chi connectivity index (χ0) is 9.26. The van der Waals surface area contributed by atoms with Crippen molar-refractivity contribution in [3.8, 4) is 5.75 Å². The summed E-state index contributed by atoms with van der Waals surface area (Å²) in [6.07, 6.45) is 0.121. The second-order valence-corrected chi connectivity index (χ2v) is 3.89. The average Bonchev–Trinajstić information content (AvgIpc) is 1.99. The van der Waals surface area contributed by atoms with Crippen LogP contribution in [0.1, 0.15) is 0 Å². The van der Waals surface area contributed by atoms with Crippen LogP contribution in [0.25, 0.3) is 0 Å². The summed E-state index contributed by atoms with van der Waals surface area (Å²) in [6.45, 7) is 1.60. The first kappa shape index (κ1) is 11.8. The van der Waals surface area contributed by atoms with Crippen LogP contribution in [0.3, 0.4) is 0 Å². The summed E-state index contributed by atoms with van der Waals surface area (Å²) >= 11 is 3.19. The Morgan fingerprint density at radius 2 is 2.14 bits per heavy atom. The van der Waals surface area contributed by atoms with Crippen LogP contribution >= 0.6 is 28.3 Å². The van der Waals surface area contributed by atoms with Crippen molar-refractivity contribution in [1.29, 1.82) is 0 Å². The summed E-state index contributed by atoms with van der Waals surface area (Å²) in [4.78, 5) is 0. The molecule has 0 unspecified atom stereocenters. The minimum atomic E-state index is -0.318. The summed E-state index contributed by atoms with van der Waals surface area (Å²) < 4.78 is 19.3. The average molecular weight is 283 g/mol. The lowest BCUT2D eigenvalue weighted by Gasteiger charge is -2.27. The number of halogens is 3. The van der Waals surface area contributed by atoms with E-state index in [1.165, 1.54) is 6.07 Å². The van der Waals surface area contributed by atoms with Crippen molar-refractivity contribution >= 4 is 28.3 Å². The summed E-state index contributed by atoms with van der Waals surface area (Å²) in [5, 5.41) is 3.06. The van der Waals surface area contributed by atoms with Gasteiger partial charge in [0.1, 0.15) is 6.10 Å². The van der Waals surface area contributed by atoms with Gasteiger partial charge < -0.3 is 10.1 Å². The number of hydrogen-bond donors (Lipinski definition) is 1. The fraction of sp³-hybridized carbons (Fsp3) is 0.333. The van der Waals surface area contributed by atoms with Crippen molar-refractivity contribution in [2.75, 3.05) is 13.1 Å². The fourth-order valence-electron chi connectivity index (χ4n) is 1.10. The second kappa shape index (κ2) is 4.96. The molecule has 0 atom stereocenters. The van der Waals surface area contributed by atoms with Crippen LogP contribution < -0.4 is 10.1 Å². The van der Waals surface area contributed by atoms with Crippen molar-refractivity contribution in [3.05, 3.63) is 28.5 Å². The molecule has 2 nitrogen and oxygen atoms in total. The van der Waals surface area contributed by atoms with Crippen molar-refractivity contribution in [1.82, 2.24) is 5.32 Å². The first-order valence-electron chi connectivity index (χ1n) is 4.08. The predicted octanol–water partition coefficient (Wildman–Crippen LogP) is 2.36. The van der Waals surface area contributed by atoms with Crippen LogP contribution in [0.4, 0.5) is 4.39 Å². The third-order valence-electron chi connectivity index (χ3n) is 1.93. The molecule has 1 aromatic rings. The van der Waals surface area contributed by atoms with E-state index in [4.69, 9.17) is 4.74 Å². The van der Waals surface area contributed by atoms with Gasteiger partial charge in [0.05, 0.1) is 0 Å². The van der Waals surface area contributed by atoms with E-state index in [2.05, 4.69) is 21.2 Å². The van der Waals surface area contributed by atoms with Gasteiger partial charge in [-0.15, -0.1) is 12.4 Å². The van der Waals surface area contributed by atoms with Crippen molar-refractivity contribution < 1.29 is 9.13 Å². The highest BCUT2D eigenvalue weighted by Gasteiger charge is 2.19. The smallest absolute Gasteiger partial charge is 0.166 e. The number of hydrogen-bond acceptors (Lipinski definition) is 2. The van der Waals surface area contributed by atoms with Crippen LogP contribution in [-0.4, -0.2) is 19.2 Å². The lowest BCUT2D eigenvalue weighted by molar-refractivity contribution is 0.136. The summed E-state index contributed by atoms with van der Waals surface area (Å²) in [7, 11) is 0. The van der Waals surface area contributed by atoms with Crippen LogP contribution in [-0.2, 0) is 0 Å². The number of benzene rings is 1. The first-order chi connectivity index (χ1) is 6.25. The molecule has 0 spiro atoms. The zero-order valence-electron chi connectivity index (χ0n) is 7.30. The van der Waals surface area contributed by atoms with Gasteiger partial charge in [-0.05, 0) is 18.2 Å². The predicted molar refractivity (Wildman–Crippen MR) is 58.6 cm³/mol. The van der Waals surface area contributed by atoms with E-state index in [1.807, 2.05) is 0 Å². The van der Waals surface area contributed by atoms with Crippen molar-refractivity contribution in [3.63, 3.8) is 0 Å². The van der Waals surface area contributed by atoms with Crippen molar-refractivity contribution in [2.24, 2.45) is 0 Å². The molecule has 0 amide bonds. The number of rotatable bonds is 2. The molecule has 1 N–H and O–H groups in total. The van der Waals surface area contributed by atoms with Crippen LogP contribution in [0, 0.1) is 5.82 Å². The van der Waals surface area contributed by atoms with Gasteiger partial charge in [-0.3, -0.25) is 0 Å². The molecule has 78 valence electrons. The van der Waals surface area contributed by atoms with Crippen LogP contribution in [0.15, 0.2) is 22.7 Å². The Hall–Kier alpha value is -0.320. The van der Waals surface area contributed by atoms with Gasteiger partial charge in [0.2, 0.25) is 0 Å². The van der Waals surface area contributed by atoms with E-state index in [-0.39, 0.29) is 24.3 Å². The van der Waals surface area contributed by atoms with Gasteiger partial charge in [-0.2, -0.15) is 0 Å². The van der Waals surface area contributed by atoms with E-state index in [0.717, 1.165) is 17.6 Å². The van der Waals surface area contributed by atoms with Gasteiger partial charge in [0.25, 0.3) is 0 Å². The minimum absolute atomic E-state index is 0. The van der Waals surface area contributed by atoms with Crippen molar-refractivity contribution in [2.45, 2.75) is 6.10 Å². The standard InChI is InChI=1S/C9H9BrFNO.ClH/c10-6-1-2-9(8(11)3-6)13-7-4-12-5-7;/h1-3,7,12H,4-5H2;1H. The molecular weight excluding hydrogens is 272 g/mol. The Labute approximate surface area is 96.4 Å². The highest BCUT2D eigenvalue weighted by Crippen LogP contribution is 2.22. The number of nitrogens with one attached hydrogen (secondary N) is 1. The Kier molecular flexibility index (Phi) is 4.16. The van der Waals surface area contributed by atoms with Gasteiger partial charge in [0, 0.05) is 17.6 Å². The van der Waals surface area contributed by atoms with E-state index in [9.17, 15) is 4.39 Å². The molecule has 0 saturated carbocycles. The summed E-state index contributed by atoms with van der Waals surface area (Å²) in [6, 6.07) is 4.81. The lowest BCUT2D eigenvalue weighted by atomic mass is 10.2. The van der Waals surface area contributed by atoms with E-state index in [1.54, 1.807) is 12.1 Å². The largest absolute Gasteiger partial charge is 0.485 e. The minimum Gasteiger partial charge on any atom is -0.485 e. The normalized spacial score (nSPS) is 15.6. The number of ether oxygens (including phenoxy) is 1. The quantitative estimate of drug-likeness (QED) is 0.899. The molecule has 14 heavy (non-hydrogen) atoms. The Balaban J connectivity index is 0.000000980. The molecule has 1 aliphatic rings. The van der Waals surface area contributed by atoms with E-state index < -0.39 is 0 Å². The lowest BCUT2D eigenvalue weighted by Crippen LogP contribution is -2.50. The molecule has 2 rings (SSSR count). The molecule has 0 bridgehead atoms. The molecule has 1 heterocycles. The Morgan fingerprint density at radius 3 is 2.64 bits per heavy atom. The van der Waals surface area contributed by atoms with E-state index >= 15 is 0 Å². The topological polar surface area (TPSA) is 21.3 Å². The van der Waals surface area contributed by atoms with Crippen LogP contribution in [0.5, 0.6) is 5.75 Å². The molecule has 0 aliphatic carbocycles. The zero-order valence-corrected chi connectivity index (χ0v) is 9.70. The SMILES string of the molecule is Cl.Fc1cc(Br)ccc1OC1CNC1. The molecular formula is C9H10BrClFNO. The summed E-state index contributed by atoms with van der Waals surface area (Å²) in [5.41, 5.74) is 0. The second-order valence-electron chi connectivity index (χ2n) is 2.97. The molecule has 0 aromatic heterocycles.